The molecule has 0 aliphatic carbocycles. The molecule has 0 bridgehead atoms. The highest BCUT2D eigenvalue weighted by Gasteiger charge is 2.27. The van der Waals surface area contributed by atoms with E-state index >= 15 is 0 Å². The van der Waals surface area contributed by atoms with Crippen molar-refractivity contribution in [2.75, 3.05) is 0 Å². The molecule has 0 fully saturated rings. The maximum atomic E-state index is 12.4. The lowest BCUT2D eigenvalue weighted by Crippen LogP contribution is -2.57. The molecule has 36 heavy (non-hydrogen) atoms. The lowest BCUT2D eigenvalue weighted by Gasteiger charge is -2.22. The minimum atomic E-state index is -1.24. The zero-order chi connectivity index (χ0) is 28.3. The molecule has 0 aliphatic rings. The summed E-state index contributed by atoms with van der Waals surface area (Å²) in [7, 11) is 0. The van der Waals surface area contributed by atoms with Crippen LogP contribution >= 0.6 is 0 Å². The molecule has 0 saturated heterocycles. The number of carbonyl (C=O) groups excluding carboxylic acids is 6. The van der Waals surface area contributed by atoms with Gasteiger partial charge in [0.05, 0.1) is 6.04 Å². The lowest BCUT2D eigenvalue weighted by atomic mass is 10.2. The van der Waals surface area contributed by atoms with Crippen molar-refractivity contribution in [3.05, 3.63) is 0 Å². The molecular weight excluding hydrogens is 478 g/mol. The molecule has 0 spiro atoms. The Morgan fingerprint density at radius 2 is 0.639 bits per heavy atom. The van der Waals surface area contributed by atoms with Crippen molar-refractivity contribution in [2.24, 2.45) is 5.73 Å². The molecule has 0 aliphatic heterocycles. The Bertz CT molecular complexity index is 863. The maximum absolute atomic E-state index is 12.4. The van der Waals surface area contributed by atoms with Crippen molar-refractivity contribution >= 4 is 41.4 Å². The molecule has 0 aromatic carbocycles. The van der Waals surface area contributed by atoms with Gasteiger partial charge in [-0.25, -0.2) is 0 Å². The van der Waals surface area contributed by atoms with Gasteiger partial charge in [0.15, 0.2) is 0 Å². The van der Waals surface area contributed by atoms with Crippen LogP contribution in [-0.4, -0.2) is 88.8 Å². The van der Waals surface area contributed by atoms with E-state index in [4.69, 9.17) is 10.8 Å². The second-order valence-corrected chi connectivity index (χ2v) is 8.51. The van der Waals surface area contributed by atoms with Gasteiger partial charge >= 0.3 is 5.97 Å². The van der Waals surface area contributed by atoms with Crippen LogP contribution in [0.15, 0.2) is 0 Å². The van der Waals surface area contributed by atoms with Crippen LogP contribution in [0.1, 0.15) is 48.5 Å². The molecule has 0 radical (unpaired) electrons. The fourth-order valence-electron chi connectivity index (χ4n) is 2.43. The highest BCUT2D eigenvalue weighted by atomic mass is 16.4. The van der Waals surface area contributed by atoms with Crippen molar-refractivity contribution in [3.8, 4) is 0 Å². The topological polar surface area (TPSA) is 238 Å². The summed E-state index contributed by atoms with van der Waals surface area (Å²) in [5.74, 6) is -5.25. The smallest absolute Gasteiger partial charge is 0.325 e. The number of rotatable bonds is 13. The fourth-order valence-corrected chi connectivity index (χ4v) is 2.43. The van der Waals surface area contributed by atoms with Gasteiger partial charge < -0.3 is 42.7 Å². The highest BCUT2D eigenvalue weighted by molar-refractivity contribution is 5.96. The van der Waals surface area contributed by atoms with E-state index < -0.39 is 83.7 Å². The molecule has 0 aromatic heterocycles. The minimum absolute atomic E-state index is 0.539. The van der Waals surface area contributed by atoms with Gasteiger partial charge in [-0.1, -0.05) is 0 Å². The molecule has 0 unspecified atom stereocenters. The predicted octanol–water partition coefficient (Wildman–Crippen LogP) is -3.55. The molecule has 204 valence electrons. The van der Waals surface area contributed by atoms with Crippen LogP contribution in [0.3, 0.4) is 0 Å². The maximum Gasteiger partial charge on any atom is 0.325 e. The average Bonchev–Trinajstić information content (AvgIpc) is 2.77. The monoisotopic (exact) mass is 515 g/mol. The Labute approximate surface area is 209 Å². The van der Waals surface area contributed by atoms with Gasteiger partial charge in [0.1, 0.15) is 36.3 Å². The van der Waals surface area contributed by atoms with Crippen LogP contribution < -0.4 is 37.6 Å². The van der Waals surface area contributed by atoms with Crippen LogP contribution in [-0.2, 0) is 33.6 Å². The lowest BCUT2D eigenvalue weighted by molar-refractivity contribution is -0.141. The summed E-state index contributed by atoms with van der Waals surface area (Å²) in [6, 6.07) is -7.20. The predicted molar refractivity (Wildman–Crippen MR) is 127 cm³/mol. The average molecular weight is 516 g/mol. The summed E-state index contributed by atoms with van der Waals surface area (Å²) >= 11 is 0. The third-order valence-corrected chi connectivity index (χ3v) is 4.90. The summed E-state index contributed by atoms with van der Waals surface area (Å²) in [5, 5.41) is 22.9. The van der Waals surface area contributed by atoms with E-state index in [0.717, 1.165) is 0 Å². The molecular formula is C21H37N7O8. The van der Waals surface area contributed by atoms with Crippen molar-refractivity contribution in [2.45, 2.75) is 90.8 Å². The van der Waals surface area contributed by atoms with E-state index in [-0.39, 0.29) is 0 Å². The van der Waals surface area contributed by atoms with Crippen LogP contribution in [0.25, 0.3) is 0 Å². The van der Waals surface area contributed by atoms with Gasteiger partial charge in [0, 0.05) is 0 Å². The van der Waals surface area contributed by atoms with Crippen LogP contribution in [0.2, 0.25) is 0 Å². The quantitative estimate of drug-likeness (QED) is 0.121. The number of carbonyl (C=O) groups is 7. The normalized spacial score (nSPS) is 16.4. The van der Waals surface area contributed by atoms with E-state index in [2.05, 4.69) is 31.9 Å². The van der Waals surface area contributed by atoms with E-state index in [9.17, 15) is 33.6 Å². The Morgan fingerprint density at radius 3 is 0.833 bits per heavy atom. The number of amides is 6. The fraction of sp³-hybridized carbons (Fsp3) is 0.667. The minimum Gasteiger partial charge on any atom is -0.480 e. The Balaban J connectivity index is 4.71. The number of nitrogens with two attached hydrogens (primary N) is 1. The number of hydrogen-bond donors (Lipinski definition) is 8. The number of aliphatic carboxylic acids is 1. The first kappa shape index (κ1) is 32.2. The SMILES string of the molecule is C[C@H](NC(=O)[C@H](C)NC(=O)[C@@H](C)N)C(=O)N[C@@H](C)C(=O)N[C@H](C)C(=O)N[C@H](C)C(=O)N[C@H](C)C(=O)O. The first-order valence-corrected chi connectivity index (χ1v) is 11.3. The van der Waals surface area contributed by atoms with E-state index in [1.165, 1.54) is 48.5 Å². The number of carboxylic acid groups (broad SMARTS) is 1. The first-order valence-electron chi connectivity index (χ1n) is 11.3. The summed E-state index contributed by atoms with van der Waals surface area (Å²) in [6.45, 7) is 9.57. The van der Waals surface area contributed by atoms with Gasteiger partial charge in [-0.15, -0.1) is 0 Å². The molecule has 0 rings (SSSR count). The molecule has 0 saturated carbocycles. The molecule has 6 amide bonds. The third-order valence-electron chi connectivity index (χ3n) is 4.90. The van der Waals surface area contributed by atoms with Crippen molar-refractivity contribution in [1.29, 1.82) is 0 Å². The van der Waals surface area contributed by atoms with E-state index in [1.54, 1.807) is 0 Å². The zero-order valence-corrected chi connectivity index (χ0v) is 21.4. The largest absolute Gasteiger partial charge is 0.480 e. The first-order chi connectivity index (χ1) is 16.5. The van der Waals surface area contributed by atoms with Crippen molar-refractivity contribution < 1.29 is 38.7 Å². The third kappa shape index (κ3) is 11.1. The second kappa shape index (κ2) is 14.6. The van der Waals surface area contributed by atoms with E-state index in [1.807, 2.05) is 0 Å². The van der Waals surface area contributed by atoms with Gasteiger partial charge in [0.25, 0.3) is 0 Å². The van der Waals surface area contributed by atoms with Crippen molar-refractivity contribution in [1.82, 2.24) is 31.9 Å². The van der Waals surface area contributed by atoms with Crippen LogP contribution in [0.5, 0.6) is 0 Å². The number of hydrogen-bond acceptors (Lipinski definition) is 8. The zero-order valence-electron chi connectivity index (χ0n) is 21.4. The highest BCUT2D eigenvalue weighted by Crippen LogP contribution is 1.94. The van der Waals surface area contributed by atoms with Gasteiger partial charge in [-0.05, 0) is 48.5 Å². The van der Waals surface area contributed by atoms with Crippen LogP contribution in [0, 0.1) is 0 Å². The molecule has 15 heteroatoms. The summed E-state index contributed by atoms with van der Waals surface area (Å²) in [4.78, 5) is 83.5. The van der Waals surface area contributed by atoms with Crippen LogP contribution in [0.4, 0.5) is 0 Å². The Morgan fingerprint density at radius 1 is 0.444 bits per heavy atom. The standard InChI is InChI=1S/C21H37N7O8/c1-8(22)15(29)23-9(2)16(30)24-10(3)17(31)25-11(4)18(32)26-12(5)19(33)27-13(6)20(34)28-14(7)21(35)36/h8-14H,22H2,1-7H3,(H,23,29)(H,24,30)(H,25,31)(H,26,32)(H,27,33)(H,28,34)(H,35,36)/t8-,9+,10+,11+,12-,13-,14-/m1/s1. The van der Waals surface area contributed by atoms with E-state index in [0.29, 0.717) is 0 Å². The molecule has 7 atom stereocenters. The number of nitrogens with one attached hydrogen (secondary N) is 6. The van der Waals surface area contributed by atoms with Crippen molar-refractivity contribution in [3.63, 3.8) is 0 Å². The molecule has 0 aromatic rings. The molecule has 9 N–H and O–H groups in total. The Kier molecular flexibility index (Phi) is 13.1. The summed E-state index contributed by atoms with van der Waals surface area (Å²) in [6.07, 6.45) is 0. The Hall–Kier alpha value is -3.75. The van der Waals surface area contributed by atoms with Gasteiger partial charge in [0.2, 0.25) is 35.4 Å². The molecule has 0 heterocycles. The molecule has 15 nitrogen and oxygen atoms in total. The second-order valence-electron chi connectivity index (χ2n) is 8.51. The summed E-state index contributed by atoms with van der Waals surface area (Å²) in [5.41, 5.74) is 5.43. The van der Waals surface area contributed by atoms with Gasteiger partial charge in [-0.2, -0.15) is 0 Å². The van der Waals surface area contributed by atoms with Gasteiger partial charge in [-0.3, -0.25) is 33.6 Å². The number of carboxylic acids is 1. The summed E-state index contributed by atoms with van der Waals surface area (Å²) < 4.78 is 0.